The number of hydrogen-bond donors (Lipinski definition) is 4. The van der Waals surface area contributed by atoms with Crippen molar-refractivity contribution in [1.29, 1.82) is 0 Å². The fourth-order valence-electron chi connectivity index (χ4n) is 9.21. The average molecular weight is 617 g/mol. The van der Waals surface area contributed by atoms with Crippen LogP contribution in [0.15, 0.2) is 28.7 Å². The van der Waals surface area contributed by atoms with Crippen molar-refractivity contribution >= 4 is 23.1 Å². The standard InChI is InChI=1S/C37H44O8/c1-7-11-23-16-22(14-15-25(39)21-12-9-8-10-13-21)24-17-35(5)18-36(6)28(19(2)3)31(41)26(20(4)38)33(43)37(36,45)34(44)29(35)32(42)27(24)30(23)40/h16,19,21,28,40-41,44-45H,8-10,12-15,17-18H2,1-6H3/t28?,35-,36-,37+/m1/s1. The first-order valence-electron chi connectivity index (χ1n) is 16.1. The number of aryl methyl sites for hydroxylation is 1. The molecule has 0 bridgehead atoms. The minimum Gasteiger partial charge on any atom is -0.511 e. The van der Waals surface area contributed by atoms with E-state index in [9.17, 15) is 39.6 Å². The molecule has 8 nitrogen and oxygen atoms in total. The fraction of sp³-hybridized carbons (Fsp3) is 0.568. The summed E-state index contributed by atoms with van der Waals surface area (Å²) in [5.41, 5.74) is -4.64. The quantitative estimate of drug-likeness (QED) is 0.231. The number of fused-ring (bicyclic) bond motifs is 3. The highest BCUT2D eigenvalue weighted by molar-refractivity contribution is 6.25. The number of Topliss-reactive ketones (excluding diaryl/α,β-unsaturated/α-hetero) is 4. The van der Waals surface area contributed by atoms with Crippen LogP contribution in [-0.4, -0.2) is 49.2 Å². The first kappa shape index (κ1) is 32.7. The highest BCUT2D eigenvalue weighted by Crippen LogP contribution is 2.65. The molecule has 0 aromatic heterocycles. The predicted octanol–water partition coefficient (Wildman–Crippen LogP) is 5.80. The number of ketones is 4. The van der Waals surface area contributed by atoms with E-state index in [0.29, 0.717) is 17.5 Å². The zero-order chi connectivity index (χ0) is 33.2. The van der Waals surface area contributed by atoms with Crippen LogP contribution in [0.5, 0.6) is 5.75 Å². The van der Waals surface area contributed by atoms with Crippen LogP contribution in [0.3, 0.4) is 0 Å². The maximum atomic E-state index is 14.5. The molecule has 0 amide bonds. The van der Waals surface area contributed by atoms with Gasteiger partial charge in [-0.15, -0.1) is 5.92 Å². The third kappa shape index (κ3) is 4.69. The van der Waals surface area contributed by atoms with E-state index in [-0.39, 0.29) is 59.3 Å². The Labute approximate surface area is 264 Å². The maximum absolute atomic E-state index is 14.5. The summed E-state index contributed by atoms with van der Waals surface area (Å²) < 4.78 is 0. The molecule has 240 valence electrons. The Balaban J connectivity index is 1.70. The van der Waals surface area contributed by atoms with Gasteiger partial charge in [-0.25, -0.2) is 0 Å². The minimum absolute atomic E-state index is 0.0165. The van der Waals surface area contributed by atoms with Gasteiger partial charge in [0.2, 0.25) is 5.78 Å². The van der Waals surface area contributed by atoms with Gasteiger partial charge in [-0.2, -0.15) is 0 Å². The van der Waals surface area contributed by atoms with Gasteiger partial charge in [0.15, 0.2) is 17.2 Å². The van der Waals surface area contributed by atoms with Gasteiger partial charge < -0.3 is 20.4 Å². The SMILES string of the molecule is CC#Cc1cc(CCC(=O)C2CCCCC2)c2c(c1O)C(=O)C1=C(O)[C@@]3(O)C(=O)C(C(C)=O)=C(O)C(C(C)C)[C@@]3(C)C[C@@]1(C)C2. The monoisotopic (exact) mass is 616 g/mol. The van der Waals surface area contributed by atoms with Crippen molar-refractivity contribution in [1.82, 2.24) is 0 Å². The lowest BCUT2D eigenvalue weighted by molar-refractivity contribution is -0.171. The number of aliphatic hydroxyl groups excluding tert-OH is 2. The van der Waals surface area contributed by atoms with Gasteiger partial charge in [-0.05, 0) is 69.1 Å². The molecule has 1 aromatic rings. The van der Waals surface area contributed by atoms with Crippen LogP contribution in [-0.2, 0) is 27.2 Å². The van der Waals surface area contributed by atoms with Gasteiger partial charge in [0, 0.05) is 34.7 Å². The highest BCUT2D eigenvalue weighted by Gasteiger charge is 2.71. The van der Waals surface area contributed by atoms with E-state index in [0.717, 1.165) is 39.0 Å². The van der Waals surface area contributed by atoms with E-state index in [4.69, 9.17) is 0 Å². The normalized spacial score (nSPS) is 30.0. The molecule has 4 aliphatic rings. The summed E-state index contributed by atoms with van der Waals surface area (Å²) in [7, 11) is 0. The second-order valence-corrected chi connectivity index (χ2v) is 14.4. The Bertz CT molecular complexity index is 1640. The van der Waals surface area contributed by atoms with Crippen LogP contribution in [0, 0.1) is 40.4 Å². The van der Waals surface area contributed by atoms with Crippen molar-refractivity contribution in [3.63, 3.8) is 0 Å². The lowest BCUT2D eigenvalue weighted by Crippen LogP contribution is -2.67. The molecule has 0 heterocycles. The van der Waals surface area contributed by atoms with E-state index in [1.54, 1.807) is 40.7 Å². The molecule has 0 spiro atoms. The molecule has 0 aliphatic heterocycles. The van der Waals surface area contributed by atoms with Crippen molar-refractivity contribution in [2.45, 2.75) is 105 Å². The largest absolute Gasteiger partial charge is 0.511 e. The van der Waals surface area contributed by atoms with Crippen molar-refractivity contribution in [3.05, 3.63) is 51.0 Å². The van der Waals surface area contributed by atoms with E-state index >= 15 is 0 Å². The minimum atomic E-state index is -2.66. The Morgan fingerprint density at radius 3 is 2.29 bits per heavy atom. The topological polar surface area (TPSA) is 149 Å². The van der Waals surface area contributed by atoms with Gasteiger partial charge in [-0.3, -0.25) is 19.2 Å². The van der Waals surface area contributed by atoms with Gasteiger partial charge in [0.25, 0.3) is 0 Å². The number of benzene rings is 1. The van der Waals surface area contributed by atoms with Gasteiger partial charge in [0.05, 0.1) is 11.1 Å². The smallest absolute Gasteiger partial charge is 0.209 e. The van der Waals surface area contributed by atoms with E-state index in [1.807, 2.05) is 0 Å². The van der Waals surface area contributed by atoms with Crippen LogP contribution < -0.4 is 0 Å². The van der Waals surface area contributed by atoms with Crippen LogP contribution in [0.1, 0.15) is 114 Å². The van der Waals surface area contributed by atoms with Crippen molar-refractivity contribution in [2.75, 3.05) is 0 Å². The molecule has 4 atom stereocenters. The van der Waals surface area contributed by atoms with Crippen molar-refractivity contribution in [3.8, 4) is 17.6 Å². The Morgan fingerprint density at radius 2 is 1.71 bits per heavy atom. The number of aromatic hydroxyl groups is 1. The Morgan fingerprint density at radius 1 is 1.07 bits per heavy atom. The van der Waals surface area contributed by atoms with Crippen molar-refractivity contribution < 1.29 is 39.6 Å². The Kier molecular flexibility index (Phi) is 8.19. The van der Waals surface area contributed by atoms with E-state index in [2.05, 4.69) is 11.8 Å². The second kappa shape index (κ2) is 11.3. The number of phenolic OH excluding ortho intramolecular Hbond substituents is 1. The molecule has 0 radical (unpaired) electrons. The molecule has 8 heteroatoms. The number of carbonyl (C=O) groups excluding carboxylic acids is 4. The Hall–Kier alpha value is -3.70. The maximum Gasteiger partial charge on any atom is 0.209 e. The zero-order valence-electron chi connectivity index (χ0n) is 27.1. The molecule has 1 aromatic carbocycles. The fourth-order valence-corrected chi connectivity index (χ4v) is 9.21. The summed E-state index contributed by atoms with van der Waals surface area (Å²) >= 11 is 0. The third-order valence-corrected chi connectivity index (χ3v) is 11.1. The predicted molar refractivity (Wildman–Crippen MR) is 168 cm³/mol. The number of hydrogen-bond acceptors (Lipinski definition) is 8. The second-order valence-electron chi connectivity index (χ2n) is 14.4. The molecule has 45 heavy (non-hydrogen) atoms. The molecule has 1 fully saturated rings. The molecular formula is C37H44O8. The number of aliphatic hydroxyl groups is 3. The van der Waals surface area contributed by atoms with E-state index < -0.39 is 56.8 Å². The number of carbonyl (C=O) groups is 4. The average Bonchev–Trinajstić information content (AvgIpc) is 2.95. The first-order chi connectivity index (χ1) is 21.0. The van der Waals surface area contributed by atoms with Gasteiger partial charge >= 0.3 is 0 Å². The lowest BCUT2D eigenvalue weighted by atomic mass is 9.44. The van der Waals surface area contributed by atoms with Crippen LogP contribution in [0.25, 0.3) is 0 Å². The number of rotatable bonds is 6. The molecule has 1 saturated carbocycles. The first-order valence-corrected chi connectivity index (χ1v) is 16.1. The van der Waals surface area contributed by atoms with Gasteiger partial charge in [-0.1, -0.05) is 52.9 Å². The zero-order valence-corrected chi connectivity index (χ0v) is 27.1. The molecule has 4 aliphatic carbocycles. The summed E-state index contributed by atoms with van der Waals surface area (Å²) in [5.74, 6) is 0.322. The van der Waals surface area contributed by atoms with E-state index in [1.165, 1.54) is 0 Å². The molecule has 1 unspecified atom stereocenters. The number of phenols is 1. The van der Waals surface area contributed by atoms with Crippen molar-refractivity contribution in [2.24, 2.45) is 28.6 Å². The summed E-state index contributed by atoms with van der Waals surface area (Å²) in [6.45, 7) is 9.71. The summed E-state index contributed by atoms with van der Waals surface area (Å²) in [6, 6.07) is 1.74. The summed E-state index contributed by atoms with van der Waals surface area (Å²) in [5, 5.41) is 46.8. The van der Waals surface area contributed by atoms with Crippen LogP contribution in [0.4, 0.5) is 0 Å². The number of allylic oxidation sites excluding steroid dienone is 2. The summed E-state index contributed by atoms with van der Waals surface area (Å²) in [4.78, 5) is 54.1. The van der Waals surface area contributed by atoms with Gasteiger partial charge in [0.1, 0.15) is 28.6 Å². The lowest BCUT2D eigenvalue weighted by Gasteiger charge is -2.59. The molecule has 5 rings (SSSR count). The third-order valence-electron chi connectivity index (χ3n) is 11.1. The van der Waals surface area contributed by atoms with Crippen LogP contribution >= 0.6 is 0 Å². The molecule has 4 N–H and O–H groups in total. The highest BCUT2D eigenvalue weighted by atomic mass is 16.3. The summed E-state index contributed by atoms with van der Waals surface area (Å²) in [6.07, 6.45) is 5.80. The van der Waals surface area contributed by atoms with Crippen LogP contribution in [0.2, 0.25) is 0 Å². The molecular weight excluding hydrogens is 572 g/mol. The molecule has 0 saturated heterocycles.